The first kappa shape index (κ1) is 21.2. The van der Waals surface area contributed by atoms with Gasteiger partial charge in [-0.1, -0.05) is 44.7 Å². The zero-order valence-corrected chi connectivity index (χ0v) is 16.9. The van der Waals surface area contributed by atoms with Crippen LogP contribution in [0.25, 0.3) is 0 Å². The molecule has 1 saturated heterocycles. The molecule has 148 valence electrons. The molecule has 1 fully saturated rings. The number of hydrogen-bond donors (Lipinski definition) is 0. The minimum atomic E-state index is -0.303. The van der Waals surface area contributed by atoms with Crippen LogP contribution in [0.15, 0.2) is 60.4 Å². The Morgan fingerprint density at radius 3 is 2.74 bits per heavy atom. The van der Waals surface area contributed by atoms with Gasteiger partial charge in [-0.05, 0) is 49.3 Å². The number of nitrogens with zero attached hydrogens (tertiary/aromatic N) is 1. The number of rotatable bonds is 8. The highest BCUT2D eigenvalue weighted by atomic mass is 16.5. The molecule has 0 aromatic rings. The molecule has 0 aromatic carbocycles. The number of ether oxygens (including phenoxy) is 2. The summed E-state index contributed by atoms with van der Waals surface area (Å²) < 4.78 is 10.8. The Morgan fingerprint density at radius 2 is 2.11 bits per heavy atom. The van der Waals surface area contributed by atoms with Crippen molar-refractivity contribution < 1.29 is 14.3 Å². The highest BCUT2D eigenvalue weighted by molar-refractivity contribution is 5.91. The molecule has 1 atom stereocenters. The van der Waals surface area contributed by atoms with Crippen molar-refractivity contribution in [3.05, 3.63) is 60.4 Å². The maximum Gasteiger partial charge on any atom is 0.337 e. The van der Waals surface area contributed by atoms with Gasteiger partial charge in [0, 0.05) is 18.8 Å². The maximum atomic E-state index is 11.6. The van der Waals surface area contributed by atoms with Crippen LogP contribution in [-0.2, 0) is 14.3 Å². The Balaban J connectivity index is 1.79. The molecule has 0 saturated carbocycles. The summed E-state index contributed by atoms with van der Waals surface area (Å²) in [7, 11) is 1.40. The fraction of sp³-hybridized carbons (Fsp3) is 0.522. The number of methoxy groups -OCH3 is 1. The van der Waals surface area contributed by atoms with Gasteiger partial charge in [-0.15, -0.1) is 0 Å². The molecule has 0 spiro atoms. The zero-order valence-electron chi connectivity index (χ0n) is 16.9. The van der Waals surface area contributed by atoms with Crippen molar-refractivity contribution >= 4 is 5.97 Å². The average molecular weight is 372 g/mol. The Hall–Kier alpha value is -2.07. The van der Waals surface area contributed by atoms with Gasteiger partial charge in [0.25, 0.3) is 0 Å². The topological polar surface area (TPSA) is 38.8 Å². The number of piperidine rings is 1. The van der Waals surface area contributed by atoms with Crippen LogP contribution in [0.4, 0.5) is 0 Å². The van der Waals surface area contributed by atoms with Crippen LogP contribution in [0.3, 0.4) is 0 Å². The van der Waals surface area contributed by atoms with Crippen LogP contribution in [0.2, 0.25) is 0 Å². The lowest BCUT2D eigenvalue weighted by Gasteiger charge is -2.34. The number of carbonyl (C=O) groups excluding carboxylic acids is 1. The van der Waals surface area contributed by atoms with E-state index in [-0.39, 0.29) is 12.1 Å². The second-order valence-corrected chi connectivity index (χ2v) is 7.48. The normalized spacial score (nSPS) is 21.6. The lowest BCUT2D eigenvalue weighted by Crippen LogP contribution is -2.34. The molecule has 1 aliphatic heterocycles. The molecule has 27 heavy (non-hydrogen) atoms. The van der Waals surface area contributed by atoms with E-state index < -0.39 is 0 Å². The SMILES string of the molecule is C=C/C(=C\C=C\C(C)C)N1CCC(COC2C=C(C(=O)OC)C=CC2)CC1. The lowest BCUT2D eigenvalue weighted by atomic mass is 9.97. The van der Waals surface area contributed by atoms with Gasteiger partial charge in [0.05, 0.1) is 25.4 Å². The van der Waals surface area contributed by atoms with E-state index in [4.69, 9.17) is 9.47 Å². The van der Waals surface area contributed by atoms with Crippen LogP contribution in [-0.4, -0.2) is 43.8 Å². The van der Waals surface area contributed by atoms with Crippen molar-refractivity contribution in [2.75, 3.05) is 26.8 Å². The maximum absolute atomic E-state index is 11.6. The molecule has 1 unspecified atom stereocenters. The molecular formula is C23H33NO3. The summed E-state index contributed by atoms with van der Waals surface area (Å²) in [6.45, 7) is 11.1. The average Bonchev–Trinajstić information content (AvgIpc) is 2.69. The van der Waals surface area contributed by atoms with E-state index in [2.05, 4.69) is 43.6 Å². The Bertz CT molecular complexity index is 620. The monoisotopic (exact) mass is 371 g/mol. The highest BCUT2D eigenvalue weighted by Gasteiger charge is 2.22. The largest absolute Gasteiger partial charge is 0.465 e. The number of allylic oxidation sites excluding steroid dienone is 4. The van der Waals surface area contributed by atoms with E-state index in [1.807, 2.05) is 18.2 Å². The fourth-order valence-electron chi connectivity index (χ4n) is 3.32. The smallest absolute Gasteiger partial charge is 0.337 e. The molecule has 1 aliphatic carbocycles. The third-order valence-corrected chi connectivity index (χ3v) is 4.95. The Kier molecular flexibility index (Phi) is 8.59. The van der Waals surface area contributed by atoms with Crippen molar-refractivity contribution in [3.63, 3.8) is 0 Å². The van der Waals surface area contributed by atoms with Crippen molar-refractivity contribution in [1.82, 2.24) is 4.90 Å². The molecule has 4 nitrogen and oxygen atoms in total. The van der Waals surface area contributed by atoms with Gasteiger partial charge in [-0.2, -0.15) is 0 Å². The third-order valence-electron chi connectivity index (χ3n) is 4.95. The zero-order chi connectivity index (χ0) is 19.6. The van der Waals surface area contributed by atoms with E-state index in [1.165, 1.54) is 12.8 Å². The van der Waals surface area contributed by atoms with Gasteiger partial charge in [-0.3, -0.25) is 0 Å². The van der Waals surface area contributed by atoms with Gasteiger partial charge in [0.2, 0.25) is 0 Å². The fourth-order valence-corrected chi connectivity index (χ4v) is 3.32. The Morgan fingerprint density at radius 1 is 1.37 bits per heavy atom. The molecule has 0 aromatic heterocycles. The molecule has 4 heteroatoms. The number of likely N-dealkylation sites (tertiary alicyclic amines) is 1. The van der Waals surface area contributed by atoms with Gasteiger partial charge in [0.15, 0.2) is 0 Å². The molecule has 0 bridgehead atoms. The van der Waals surface area contributed by atoms with Crippen LogP contribution >= 0.6 is 0 Å². The van der Waals surface area contributed by atoms with Crippen molar-refractivity contribution in [3.8, 4) is 0 Å². The highest BCUT2D eigenvalue weighted by Crippen LogP contribution is 2.23. The second-order valence-electron chi connectivity index (χ2n) is 7.48. The third kappa shape index (κ3) is 6.87. The van der Waals surface area contributed by atoms with Crippen LogP contribution in [0, 0.1) is 11.8 Å². The van der Waals surface area contributed by atoms with E-state index in [0.717, 1.165) is 39.0 Å². The van der Waals surface area contributed by atoms with Gasteiger partial charge in [-0.25, -0.2) is 4.79 Å². The van der Waals surface area contributed by atoms with Crippen molar-refractivity contribution in [2.24, 2.45) is 11.8 Å². The molecule has 0 N–H and O–H groups in total. The first-order valence-electron chi connectivity index (χ1n) is 9.87. The second kappa shape index (κ2) is 10.9. The van der Waals surface area contributed by atoms with Crippen LogP contribution < -0.4 is 0 Å². The molecule has 1 heterocycles. The summed E-state index contributed by atoms with van der Waals surface area (Å²) in [5.74, 6) is 0.807. The molecule has 0 amide bonds. The van der Waals surface area contributed by atoms with Crippen molar-refractivity contribution in [1.29, 1.82) is 0 Å². The summed E-state index contributed by atoms with van der Waals surface area (Å²) >= 11 is 0. The Labute approximate surface area is 163 Å². The number of carbonyl (C=O) groups is 1. The summed E-state index contributed by atoms with van der Waals surface area (Å²) in [6.07, 6.45) is 17.1. The van der Waals surface area contributed by atoms with Crippen LogP contribution in [0.1, 0.15) is 33.1 Å². The molecule has 2 rings (SSSR count). The van der Waals surface area contributed by atoms with E-state index in [1.54, 1.807) is 6.08 Å². The predicted octanol–water partition coefficient (Wildman–Crippen LogP) is 4.43. The molecular weight excluding hydrogens is 338 g/mol. The summed E-state index contributed by atoms with van der Waals surface area (Å²) in [5, 5.41) is 0. The quantitative estimate of drug-likeness (QED) is 0.467. The van der Waals surface area contributed by atoms with E-state index in [9.17, 15) is 4.79 Å². The van der Waals surface area contributed by atoms with E-state index in [0.29, 0.717) is 17.4 Å². The number of hydrogen-bond acceptors (Lipinski definition) is 4. The summed E-state index contributed by atoms with van der Waals surface area (Å²) in [6, 6.07) is 0. The van der Waals surface area contributed by atoms with Gasteiger partial charge in [0.1, 0.15) is 0 Å². The molecule has 0 radical (unpaired) electrons. The van der Waals surface area contributed by atoms with Gasteiger partial charge >= 0.3 is 5.97 Å². The van der Waals surface area contributed by atoms with E-state index >= 15 is 0 Å². The predicted molar refractivity (Wildman–Crippen MR) is 110 cm³/mol. The van der Waals surface area contributed by atoms with Crippen LogP contribution in [0.5, 0.6) is 0 Å². The van der Waals surface area contributed by atoms with Crippen molar-refractivity contribution in [2.45, 2.75) is 39.2 Å². The summed E-state index contributed by atoms with van der Waals surface area (Å²) in [5.41, 5.74) is 1.77. The van der Waals surface area contributed by atoms with Gasteiger partial charge < -0.3 is 14.4 Å². The first-order valence-corrected chi connectivity index (χ1v) is 9.87. The minimum absolute atomic E-state index is 0.0352. The standard InChI is InChI=1S/C23H33NO3/c1-5-21(10-6-8-18(2)3)24-14-12-19(13-15-24)17-27-22-11-7-9-20(16-22)23(25)26-4/h5-10,16,18-19,22H,1,11-15,17H2,2-4H3/b8-6+,21-10+. The number of esters is 1. The lowest BCUT2D eigenvalue weighted by molar-refractivity contribution is -0.135. The molecule has 2 aliphatic rings. The minimum Gasteiger partial charge on any atom is -0.465 e. The summed E-state index contributed by atoms with van der Waals surface area (Å²) in [4.78, 5) is 14.0. The first-order chi connectivity index (χ1) is 13.0.